The van der Waals surface area contributed by atoms with Crippen molar-refractivity contribution in [3.05, 3.63) is 29.5 Å². The highest BCUT2D eigenvalue weighted by atomic mass is 19.4. The number of halogens is 3. The van der Waals surface area contributed by atoms with E-state index in [4.69, 9.17) is 9.47 Å². The van der Waals surface area contributed by atoms with E-state index < -0.39 is 53.3 Å². The summed E-state index contributed by atoms with van der Waals surface area (Å²) >= 11 is 0. The number of alkyl halides is 3. The van der Waals surface area contributed by atoms with Crippen molar-refractivity contribution in [3.8, 4) is 5.88 Å². The van der Waals surface area contributed by atoms with Gasteiger partial charge in [0.2, 0.25) is 11.8 Å². The Morgan fingerprint density at radius 3 is 2.42 bits per heavy atom. The predicted octanol–water partition coefficient (Wildman–Crippen LogP) is 6.26. The zero-order valence-corrected chi connectivity index (χ0v) is 26.6. The molecule has 1 saturated carbocycles. The van der Waals surface area contributed by atoms with Gasteiger partial charge < -0.3 is 19.7 Å². The molecule has 2 aromatic rings. The molecular formula is C33H43F3N4O5. The Morgan fingerprint density at radius 2 is 1.76 bits per heavy atom. The minimum Gasteiger partial charge on any atom is -0.471 e. The van der Waals surface area contributed by atoms with E-state index in [1.54, 1.807) is 0 Å². The monoisotopic (exact) mass is 632 g/mol. The number of alkyl carbamates (subject to hydrolysis) is 1. The van der Waals surface area contributed by atoms with Crippen molar-refractivity contribution in [3.63, 3.8) is 0 Å². The molecule has 1 aliphatic carbocycles. The van der Waals surface area contributed by atoms with Crippen molar-refractivity contribution in [2.24, 2.45) is 17.3 Å². The Kier molecular flexibility index (Phi) is 9.33. The number of carbonyl (C=O) groups excluding carboxylic acids is 3. The Labute approximate surface area is 261 Å². The molecule has 1 saturated heterocycles. The van der Waals surface area contributed by atoms with Crippen LogP contribution < -0.4 is 10.1 Å². The van der Waals surface area contributed by atoms with Crippen molar-refractivity contribution in [2.75, 3.05) is 6.54 Å². The lowest BCUT2D eigenvalue weighted by molar-refractivity contribution is -0.141. The number of nitrogens with one attached hydrogen (secondary N) is 1. The molecule has 2 amide bonds. The molecule has 3 aliphatic rings. The number of carbonyl (C=O) groups is 3. The first-order valence-electron chi connectivity index (χ1n) is 16.0. The fraction of sp³-hybridized carbons (Fsp3) is 0.667. The van der Waals surface area contributed by atoms with Crippen molar-refractivity contribution >= 4 is 28.8 Å². The third-order valence-electron chi connectivity index (χ3n) is 9.29. The van der Waals surface area contributed by atoms with Crippen LogP contribution in [0.25, 0.3) is 11.0 Å². The molecular weight excluding hydrogens is 589 g/mol. The average molecular weight is 633 g/mol. The predicted molar refractivity (Wildman–Crippen MR) is 160 cm³/mol. The zero-order chi connectivity index (χ0) is 32.7. The second kappa shape index (κ2) is 12.7. The summed E-state index contributed by atoms with van der Waals surface area (Å²) in [6.07, 6.45) is 0.323. The van der Waals surface area contributed by atoms with Gasteiger partial charge in [-0.25, -0.2) is 14.8 Å². The van der Waals surface area contributed by atoms with Crippen LogP contribution >= 0.6 is 0 Å². The fourth-order valence-electron chi connectivity index (χ4n) is 6.71. The molecule has 9 nitrogen and oxygen atoms in total. The second-order valence-electron chi connectivity index (χ2n) is 13.8. The number of rotatable bonds is 2. The number of hydrogen-bond acceptors (Lipinski definition) is 7. The van der Waals surface area contributed by atoms with Crippen LogP contribution in [0.5, 0.6) is 5.88 Å². The first-order valence-corrected chi connectivity index (χ1v) is 16.0. The zero-order valence-electron chi connectivity index (χ0n) is 26.6. The van der Waals surface area contributed by atoms with E-state index in [1.807, 2.05) is 27.7 Å². The van der Waals surface area contributed by atoms with Crippen LogP contribution in [0.3, 0.4) is 0 Å². The topological polar surface area (TPSA) is 111 Å². The minimum absolute atomic E-state index is 0.0390. The van der Waals surface area contributed by atoms with E-state index >= 15 is 0 Å². The molecule has 2 fully saturated rings. The average Bonchev–Trinajstić information content (AvgIpc) is 3.57. The molecule has 0 spiro atoms. The summed E-state index contributed by atoms with van der Waals surface area (Å²) in [5, 5.41) is 2.79. The van der Waals surface area contributed by atoms with Gasteiger partial charge in [0.1, 0.15) is 23.9 Å². The van der Waals surface area contributed by atoms with E-state index in [-0.39, 0.29) is 29.8 Å². The van der Waals surface area contributed by atoms with Crippen LogP contribution in [-0.4, -0.2) is 63.5 Å². The van der Waals surface area contributed by atoms with Gasteiger partial charge in [0.25, 0.3) is 0 Å². The van der Waals surface area contributed by atoms with Crippen LogP contribution in [0.1, 0.15) is 90.8 Å². The van der Waals surface area contributed by atoms with Gasteiger partial charge in [0, 0.05) is 5.92 Å². The van der Waals surface area contributed by atoms with E-state index in [0.717, 1.165) is 50.7 Å². The number of aryl methyl sites for hydroxylation is 1. The lowest BCUT2D eigenvalue weighted by Gasteiger charge is -2.35. The van der Waals surface area contributed by atoms with E-state index in [1.165, 1.54) is 17.9 Å². The summed E-state index contributed by atoms with van der Waals surface area (Å²) in [5.74, 6) is -0.645. The molecule has 45 heavy (non-hydrogen) atoms. The van der Waals surface area contributed by atoms with Crippen molar-refractivity contribution in [2.45, 2.75) is 116 Å². The van der Waals surface area contributed by atoms with E-state index in [9.17, 15) is 27.6 Å². The summed E-state index contributed by atoms with van der Waals surface area (Å²) in [7, 11) is 0. The summed E-state index contributed by atoms with van der Waals surface area (Å²) in [4.78, 5) is 50.9. The largest absolute Gasteiger partial charge is 0.471 e. The number of benzene rings is 1. The molecule has 0 unspecified atom stereocenters. The summed E-state index contributed by atoms with van der Waals surface area (Å²) in [6.45, 7) is 8.87. The SMILES string of the molecule is CC[C@@H]1[C@@H]2CN(C(=O)[C@H](C(C)(C)C)NC(=O)O[C@@H]3C[C@H]3CCCCCCc3nc4ccc(C(F)(F)F)cc4nc3O2)[C@@H]1C(C)=O. The maximum absolute atomic E-state index is 14.2. The third-order valence-corrected chi connectivity index (χ3v) is 9.29. The standard InChI is InChI=1S/C33H43F3N4O5/c1-6-21-26-17-40(27(21)18(2)41)30(42)28(32(3,4)5)39-31(43)45-25-15-19(25)11-9-7-8-10-12-23-29(44-26)38-24-16-20(33(34,35)36)13-14-22(24)37-23/h13-14,16,19,21,25-28H,6-12,15,17H2,1-5H3,(H,39,43)/t19-,21-,25-,26+,27-,28-/m1/s1. The van der Waals surface area contributed by atoms with Gasteiger partial charge in [0.05, 0.1) is 29.2 Å². The molecule has 6 atom stereocenters. The number of fused-ring (bicyclic) bond motifs is 5. The molecule has 1 aromatic heterocycles. The Morgan fingerprint density at radius 1 is 1.02 bits per heavy atom. The van der Waals surface area contributed by atoms with Gasteiger partial charge in [-0.15, -0.1) is 0 Å². The number of ether oxygens (including phenoxy) is 2. The number of hydrogen-bond donors (Lipinski definition) is 1. The molecule has 1 aromatic carbocycles. The molecule has 0 radical (unpaired) electrons. The summed E-state index contributed by atoms with van der Waals surface area (Å²) < 4.78 is 52.7. The molecule has 2 aliphatic heterocycles. The fourth-order valence-corrected chi connectivity index (χ4v) is 6.71. The Hall–Kier alpha value is -3.44. The number of aromatic nitrogens is 2. The molecule has 2 bridgehead atoms. The van der Waals surface area contributed by atoms with Gasteiger partial charge in [0.15, 0.2) is 5.78 Å². The Bertz CT molecular complexity index is 1440. The van der Waals surface area contributed by atoms with Gasteiger partial charge >= 0.3 is 12.3 Å². The van der Waals surface area contributed by atoms with Crippen LogP contribution in [0.2, 0.25) is 0 Å². The molecule has 3 heterocycles. The van der Waals surface area contributed by atoms with Gasteiger partial charge in [-0.2, -0.15) is 13.2 Å². The van der Waals surface area contributed by atoms with Crippen molar-refractivity contribution in [1.82, 2.24) is 20.2 Å². The molecule has 12 heteroatoms. The lowest BCUT2D eigenvalue weighted by Crippen LogP contribution is -2.57. The number of amides is 2. The van der Waals surface area contributed by atoms with Crippen LogP contribution in [-0.2, 0) is 26.9 Å². The van der Waals surface area contributed by atoms with E-state index in [2.05, 4.69) is 15.3 Å². The highest BCUT2D eigenvalue weighted by molar-refractivity contribution is 5.92. The first kappa shape index (κ1) is 32.9. The van der Waals surface area contributed by atoms with Gasteiger partial charge in [-0.3, -0.25) is 9.59 Å². The maximum Gasteiger partial charge on any atom is 0.416 e. The summed E-state index contributed by atoms with van der Waals surface area (Å²) in [5.41, 5.74) is -0.608. The third kappa shape index (κ3) is 7.35. The quantitative estimate of drug-likeness (QED) is 0.416. The van der Waals surface area contributed by atoms with Crippen LogP contribution in [0.15, 0.2) is 18.2 Å². The Balaban J connectivity index is 1.53. The highest BCUT2D eigenvalue weighted by Gasteiger charge is 2.50. The first-order chi connectivity index (χ1) is 21.2. The molecule has 1 N–H and O–H groups in total. The van der Waals surface area contributed by atoms with E-state index in [0.29, 0.717) is 30.0 Å². The smallest absolute Gasteiger partial charge is 0.416 e. The molecule has 5 rings (SSSR count). The van der Waals surface area contributed by atoms with Crippen LogP contribution in [0.4, 0.5) is 18.0 Å². The minimum atomic E-state index is -4.55. The second-order valence-corrected chi connectivity index (χ2v) is 13.8. The van der Waals surface area contributed by atoms with Crippen molar-refractivity contribution < 1.29 is 37.0 Å². The number of ketones is 1. The molecule has 246 valence electrons. The number of Topliss-reactive ketones (excluding diaryl/α,β-unsaturated/α-hetero) is 1. The van der Waals surface area contributed by atoms with Gasteiger partial charge in [-0.05, 0) is 68.6 Å². The lowest BCUT2D eigenvalue weighted by atomic mass is 9.85. The van der Waals surface area contributed by atoms with Crippen molar-refractivity contribution in [1.29, 1.82) is 0 Å². The summed E-state index contributed by atoms with van der Waals surface area (Å²) in [6, 6.07) is 1.50. The maximum atomic E-state index is 14.2. The number of nitrogens with zero attached hydrogens (tertiary/aromatic N) is 3. The normalized spacial score (nSPS) is 28.5. The van der Waals surface area contributed by atoms with Gasteiger partial charge in [-0.1, -0.05) is 47.0 Å². The highest BCUT2D eigenvalue weighted by Crippen LogP contribution is 2.39. The van der Waals surface area contributed by atoms with Crippen LogP contribution in [0, 0.1) is 17.3 Å².